The van der Waals surface area contributed by atoms with Gasteiger partial charge >= 0.3 is 0 Å². The van der Waals surface area contributed by atoms with E-state index >= 15 is 0 Å². The Morgan fingerprint density at radius 3 is 2.23 bits per heavy atom. The SMILES string of the molecule is CCC1C(c2ccccc2)=CC(=O)CC1Cc1ccccc1. The number of rotatable bonds is 4. The molecule has 0 aromatic heterocycles. The van der Waals surface area contributed by atoms with Crippen LogP contribution in [0.2, 0.25) is 0 Å². The molecular weight excluding hydrogens is 268 g/mol. The molecule has 2 unspecified atom stereocenters. The first-order valence-electron chi connectivity index (χ1n) is 8.11. The Morgan fingerprint density at radius 2 is 1.59 bits per heavy atom. The molecule has 0 bridgehead atoms. The zero-order chi connectivity index (χ0) is 15.4. The molecular formula is C21H22O. The van der Waals surface area contributed by atoms with E-state index in [1.807, 2.05) is 30.3 Å². The highest BCUT2D eigenvalue weighted by Gasteiger charge is 2.30. The molecule has 1 heteroatoms. The fourth-order valence-electron chi connectivity index (χ4n) is 3.61. The van der Waals surface area contributed by atoms with Gasteiger partial charge in [-0.05, 0) is 47.5 Å². The maximum absolute atomic E-state index is 12.2. The van der Waals surface area contributed by atoms with Gasteiger partial charge in [0.25, 0.3) is 0 Å². The minimum Gasteiger partial charge on any atom is -0.295 e. The monoisotopic (exact) mass is 290 g/mol. The Kier molecular flexibility index (Phi) is 4.53. The predicted molar refractivity (Wildman–Crippen MR) is 91.5 cm³/mol. The van der Waals surface area contributed by atoms with E-state index in [-0.39, 0.29) is 5.78 Å². The van der Waals surface area contributed by atoms with E-state index in [2.05, 4.69) is 43.3 Å². The Bertz CT molecular complexity index is 655. The van der Waals surface area contributed by atoms with Crippen molar-refractivity contribution in [3.05, 3.63) is 77.9 Å². The van der Waals surface area contributed by atoms with Crippen molar-refractivity contribution in [3.8, 4) is 0 Å². The van der Waals surface area contributed by atoms with Crippen LogP contribution in [0.5, 0.6) is 0 Å². The fourth-order valence-corrected chi connectivity index (χ4v) is 3.61. The number of carbonyl (C=O) groups is 1. The van der Waals surface area contributed by atoms with E-state index in [0.717, 1.165) is 12.8 Å². The van der Waals surface area contributed by atoms with E-state index in [1.165, 1.54) is 16.7 Å². The van der Waals surface area contributed by atoms with Crippen LogP contribution in [-0.4, -0.2) is 5.78 Å². The Hall–Kier alpha value is -2.15. The van der Waals surface area contributed by atoms with Crippen molar-refractivity contribution < 1.29 is 4.79 Å². The second kappa shape index (κ2) is 6.74. The molecule has 0 aliphatic heterocycles. The third kappa shape index (κ3) is 3.19. The molecule has 0 amide bonds. The van der Waals surface area contributed by atoms with Gasteiger partial charge in [-0.1, -0.05) is 67.6 Å². The van der Waals surface area contributed by atoms with Crippen LogP contribution in [0.3, 0.4) is 0 Å². The highest BCUT2D eigenvalue weighted by atomic mass is 16.1. The summed E-state index contributed by atoms with van der Waals surface area (Å²) in [5.41, 5.74) is 3.74. The molecule has 2 atom stereocenters. The molecule has 1 nitrogen and oxygen atoms in total. The van der Waals surface area contributed by atoms with Gasteiger partial charge in [-0.25, -0.2) is 0 Å². The smallest absolute Gasteiger partial charge is 0.156 e. The minimum atomic E-state index is 0.268. The molecule has 0 radical (unpaired) electrons. The molecule has 3 rings (SSSR count). The number of carbonyl (C=O) groups excluding carboxylic acids is 1. The summed E-state index contributed by atoms with van der Waals surface area (Å²) in [5.74, 6) is 1.13. The van der Waals surface area contributed by atoms with Gasteiger partial charge in [0.15, 0.2) is 5.78 Å². The number of benzene rings is 2. The molecule has 0 heterocycles. The lowest BCUT2D eigenvalue weighted by Gasteiger charge is -2.32. The summed E-state index contributed by atoms with van der Waals surface area (Å²) in [6.45, 7) is 2.23. The Morgan fingerprint density at radius 1 is 0.955 bits per heavy atom. The van der Waals surface area contributed by atoms with Gasteiger partial charge in [0.05, 0.1) is 0 Å². The largest absolute Gasteiger partial charge is 0.295 e. The normalized spacial score (nSPS) is 21.5. The van der Waals surface area contributed by atoms with E-state index in [4.69, 9.17) is 0 Å². The van der Waals surface area contributed by atoms with Crippen molar-refractivity contribution in [3.63, 3.8) is 0 Å². The van der Waals surface area contributed by atoms with E-state index in [0.29, 0.717) is 18.3 Å². The summed E-state index contributed by atoms with van der Waals surface area (Å²) < 4.78 is 0. The van der Waals surface area contributed by atoms with Crippen molar-refractivity contribution >= 4 is 11.4 Å². The molecule has 0 N–H and O–H groups in total. The van der Waals surface area contributed by atoms with Crippen molar-refractivity contribution in [2.24, 2.45) is 11.8 Å². The van der Waals surface area contributed by atoms with Crippen molar-refractivity contribution in [2.45, 2.75) is 26.2 Å². The molecule has 0 fully saturated rings. The van der Waals surface area contributed by atoms with E-state index in [9.17, 15) is 4.79 Å². The third-order valence-corrected chi connectivity index (χ3v) is 4.64. The summed E-state index contributed by atoms with van der Waals surface area (Å²) in [4.78, 5) is 12.2. The lowest BCUT2D eigenvalue weighted by atomic mass is 9.72. The van der Waals surface area contributed by atoms with Crippen molar-refractivity contribution in [2.75, 3.05) is 0 Å². The Labute approximate surface area is 132 Å². The summed E-state index contributed by atoms with van der Waals surface area (Å²) >= 11 is 0. The molecule has 2 aromatic rings. The molecule has 112 valence electrons. The van der Waals surface area contributed by atoms with Gasteiger partial charge in [-0.2, -0.15) is 0 Å². The first-order chi connectivity index (χ1) is 10.8. The maximum atomic E-state index is 12.2. The lowest BCUT2D eigenvalue weighted by molar-refractivity contribution is -0.116. The molecule has 0 saturated heterocycles. The predicted octanol–water partition coefficient (Wildman–Crippen LogP) is 4.93. The Balaban J connectivity index is 1.90. The van der Waals surface area contributed by atoms with Gasteiger partial charge in [0, 0.05) is 6.42 Å². The molecule has 1 aliphatic carbocycles. The molecule has 1 aliphatic rings. The quantitative estimate of drug-likeness (QED) is 0.780. The first kappa shape index (κ1) is 14.8. The first-order valence-corrected chi connectivity index (χ1v) is 8.11. The topological polar surface area (TPSA) is 17.1 Å². The molecule has 2 aromatic carbocycles. The average molecular weight is 290 g/mol. The minimum absolute atomic E-state index is 0.268. The summed E-state index contributed by atoms with van der Waals surface area (Å²) in [6, 6.07) is 20.9. The van der Waals surface area contributed by atoms with Crippen LogP contribution in [0.4, 0.5) is 0 Å². The van der Waals surface area contributed by atoms with Crippen LogP contribution in [-0.2, 0) is 11.2 Å². The number of hydrogen-bond acceptors (Lipinski definition) is 1. The second-order valence-electron chi connectivity index (χ2n) is 6.10. The van der Waals surface area contributed by atoms with Crippen LogP contribution in [0.1, 0.15) is 30.9 Å². The highest BCUT2D eigenvalue weighted by Crippen LogP contribution is 2.39. The summed E-state index contributed by atoms with van der Waals surface area (Å²) in [7, 11) is 0. The molecule has 0 saturated carbocycles. The fraction of sp³-hybridized carbons (Fsp3) is 0.286. The van der Waals surface area contributed by atoms with Gasteiger partial charge in [-0.3, -0.25) is 4.79 Å². The van der Waals surface area contributed by atoms with Crippen LogP contribution < -0.4 is 0 Å². The summed E-state index contributed by atoms with van der Waals surface area (Å²) in [6.07, 6.45) is 4.61. The average Bonchev–Trinajstić information content (AvgIpc) is 2.56. The second-order valence-corrected chi connectivity index (χ2v) is 6.10. The van der Waals surface area contributed by atoms with E-state index in [1.54, 1.807) is 0 Å². The van der Waals surface area contributed by atoms with Crippen molar-refractivity contribution in [1.29, 1.82) is 0 Å². The van der Waals surface area contributed by atoms with Gasteiger partial charge in [0.2, 0.25) is 0 Å². The van der Waals surface area contributed by atoms with Crippen LogP contribution in [0, 0.1) is 11.8 Å². The van der Waals surface area contributed by atoms with Gasteiger partial charge in [0.1, 0.15) is 0 Å². The van der Waals surface area contributed by atoms with Crippen LogP contribution in [0.25, 0.3) is 5.57 Å². The zero-order valence-corrected chi connectivity index (χ0v) is 13.0. The zero-order valence-electron chi connectivity index (χ0n) is 13.0. The highest BCUT2D eigenvalue weighted by molar-refractivity contribution is 5.99. The maximum Gasteiger partial charge on any atom is 0.156 e. The lowest BCUT2D eigenvalue weighted by Crippen LogP contribution is -2.25. The third-order valence-electron chi connectivity index (χ3n) is 4.64. The standard InChI is InChI=1S/C21H22O/c1-2-20-18(13-16-9-5-3-6-10-16)14-19(22)15-21(20)17-11-7-4-8-12-17/h3-12,15,18,20H,2,13-14H2,1H3. The molecule has 22 heavy (non-hydrogen) atoms. The molecule has 0 spiro atoms. The van der Waals surface area contributed by atoms with Crippen LogP contribution in [0.15, 0.2) is 66.7 Å². The van der Waals surface area contributed by atoms with Crippen LogP contribution >= 0.6 is 0 Å². The summed E-state index contributed by atoms with van der Waals surface area (Å²) in [5, 5.41) is 0. The van der Waals surface area contributed by atoms with E-state index < -0.39 is 0 Å². The van der Waals surface area contributed by atoms with Gasteiger partial charge in [-0.15, -0.1) is 0 Å². The number of allylic oxidation sites excluding steroid dienone is 2. The number of hydrogen-bond donors (Lipinski definition) is 0. The van der Waals surface area contributed by atoms with Crippen molar-refractivity contribution in [1.82, 2.24) is 0 Å². The number of ketones is 1. The van der Waals surface area contributed by atoms with Gasteiger partial charge < -0.3 is 0 Å².